The van der Waals surface area contributed by atoms with Crippen molar-refractivity contribution in [2.24, 2.45) is 0 Å². The van der Waals surface area contributed by atoms with Crippen molar-refractivity contribution in [3.63, 3.8) is 0 Å². The number of methoxy groups -OCH3 is 1. The molecule has 0 fully saturated rings. The first-order chi connectivity index (χ1) is 12.4. The van der Waals surface area contributed by atoms with E-state index in [1.165, 1.54) is 10.4 Å². The average Bonchev–Trinajstić information content (AvgIpc) is 2.63. The molecule has 0 bridgehead atoms. The number of carbonyl (C=O) groups excluding carboxylic acids is 1. The molecular weight excluding hydrogens is 352 g/mol. The summed E-state index contributed by atoms with van der Waals surface area (Å²) in [6.45, 7) is 4.07. The van der Waals surface area contributed by atoms with E-state index in [1.807, 2.05) is 24.3 Å². The number of anilines is 1. The molecule has 0 saturated carbocycles. The van der Waals surface area contributed by atoms with Crippen LogP contribution in [-0.4, -0.2) is 34.2 Å². The summed E-state index contributed by atoms with van der Waals surface area (Å²) in [6.07, 6.45) is 2.64. The van der Waals surface area contributed by atoms with E-state index < -0.39 is 10.0 Å². The van der Waals surface area contributed by atoms with Gasteiger partial charge in [0.05, 0.1) is 25.6 Å². The smallest absolute Gasteiger partial charge is 0.251 e. The van der Waals surface area contributed by atoms with Gasteiger partial charge in [-0.15, -0.1) is 6.58 Å². The number of hydrogen-bond acceptors (Lipinski definition) is 4. The maximum Gasteiger partial charge on any atom is 0.251 e. The largest absolute Gasteiger partial charge is 0.496 e. The number of rotatable bonds is 8. The number of nitrogens with zero attached hydrogens (tertiary/aromatic N) is 1. The van der Waals surface area contributed by atoms with Crippen LogP contribution in [0.2, 0.25) is 0 Å². The van der Waals surface area contributed by atoms with Crippen molar-refractivity contribution in [3.8, 4) is 5.75 Å². The van der Waals surface area contributed by atoms with Gasteiger partial charge in [-0.25, -0.2) is 8.42 Å². The highest BCUT2D eigenvalue weighted by Crippen LogP contribution is 2.19. The van der Waals surface area contributed by atoms with E-state index >= 15 is 0 Å². The molecule has 2 aromatic rings. The van der Waals surface area contributed by atoms with Gasteiger partial charge in [-0.2, -0.15) is 0 Å². The lowest BCUT2D eigenvalue weighted by atomic mass is 10.1. The van der Waals surface area contributed by atoms with Crippen LogP contribution in [0, 0.1) is 0 Å². The molecule has 2 aromatic carbocycles. The fourth-order valence-electron chi connectivity index (χ4n) is 2.46. The second-order valence-corrected chi connectivity index (χ2v) is 7.53. The van der Waals surface area contributed by atoms with Crippen LogP contribution in [0.25, 0.3) is 0 Å². The van der Waals surface area contributed by atoms with Crippen molar-refractivity contribution in [3.05, 3.63) is 72.3 Å². The van der Waals surface area contributed by atoms with E-state index in [1.54, 1.807) is 31.4 Å². The number of amides is 1. The lowest BCUT2D eigenvalue weighted by Crippen LogP contribution is -2.30. The highest BCUT2D eigenvalue weighted by Gasteiger charge is 2.16. The van der Waals surface area contributed by atoms with Crippen LogP contribution in [-0.2, 0) is 16.6 Å². The molecule has 0 aromatic heterocycles. The molecule has 1 amide bonds. The van der Waals surface area contributed by atoms with Gasteiger partial charge >= 0.3 is 0 Å². The lowest BCUT2D eigenvalue weighted by molar-refractivity contribution is 0.0950. The Kier molecular flexibility index (Phi) is 6.41. The van der Waals surface area contributed by atoms with Gasteiger partial charge in [0.2, 0.25) is 10.0 Å². The molecule has 2 rings (SSSR count). The Morgan fingerprint density at radius 1 is 1.19 bits per heavy atom. The Balaban J connectivity index is 2.10. The Hall–Kier alpha value is -2.80. The number of sulfonamides is 1. The molecule has 138 valence electrons. The highest BCUT2D eigenvalue weighted by atomic mass is 32.2. The van der Waals surface area contributed by atoms with Crippen LogP contribution in [0.3, 0.4) is 0 Å². The number of para-hydroxylation sites is 1. The Bertz CT molecular complexity index is 877. The predicted molar refractivity (Wildman–Crippen MR) is 103 cm³/mol. The zero-order valence-electron chi connectivity index (χ0n) is 14.8. The zero-order chi connectivity index (χ0) is 19.2. The quantitative estimate of drug-likeness (QED) is 0.721. The molecule has 0 aliphatic rings. The molecule has 0 aliphatic carbocycles. The third-order valence-electron chi connectivity index (χ3n) is 3.74. The minimum Gasteiger partial charge on any atom is -0.496 e. The monoisotopic (exact) mass is 374 g/mol. The Morgan fingerprint density at radius 3 is 2.42 bits per heavy atom. The summed E-state index contributed by atoms with van der Waals surface area (Å²) in [7, 11) is -1.84. The van der Waals surface area contributed by atoms with Crippen LogP contribution in [0.4, 0.5) is 5.69 Å². The Labute approximate surface area is 154 Å². The molecule has 0 atom stereocenters. The maximum absolute atomic E-state index is 12.3. The molecule has 0 unspecified atom stereocenters. The third-order valence-corrected chi connectivity index (χ3v) is 4.91. The van der Waals surface area contributed by atoms with Gasteiger partial charge in [0.25, 0.3) is 5.91 Å². The molecule has 0 heterocycles. The molecule has 6 nitrogen and oxygen atoms in total. The van der Waals surface area contributed by atoms with Crippen LogP contribution >= 0.6 is 0 Å². The normalized spacial score (nSPS) is 10.8. The second-order valence-electron chi connectivity index (χ2n) is 5.62. The molecular formula is C19H22N2O4S. The maximum atomic E-state index is 12.3. The van der Waals surface area contributed by atoms with E-state index in [0.717, 1.165) is 11.8 Å². The number of hydrogen-bond donors (Lipinski definition) is 1. The molecule has 0 spiro atoms. The number of ether oxygens (including phenoxy) is 1. The average molecular weight is 374 g/mol. The van der Waals surface area contributed by atoms with Gasteiger partial charge in [-0.1, -0.05) is 24.3 Å². The molecule has 1 N–H and O–H groups in total. The number of carbonyl (C=O) groups is 1. The van der Waals surface area contributed by atoms with Gasteiger partial charge in [-0.3, -0.25) is 9.10 Å². The number of nitrogens with one attached hydrogen (secondary N) is 1. The second kappa shape index (κ2) is 8.53. The summed E-state index contributed by atoms with van der Waals surface area (Å²) in [5.41, 5.74) is 1.79. The summed E-state index contributed by atoms with van der Waals surface area (Å²) in [4.78, 5) is 12.3. The van der Waals surface area contributed by atoms with E-state index in [-0.39, 0.29) is 12.5 Å². The summed E-state index contributed by atoms with van der Waals surface area (Å²) in [6, 6.07) is 13.8. The first kappa shape index (κ1) is 19.5. The summed E-state index contributed by atoms with van der Waals surface area (Å²) in [5.74, 6) is 0.452. The topological polar surface area (TPSA) is 75.7 Å². The highest BCUT2D eigenvalue weighted by molar-refractivity contribution is 7.92. The minimum absolute atomic E-state index is 0.165. The van der Waals surface area contributed by atoms with Crippen LogP contribution in [0.1, 0.15) is 15.9 Å². The van der Waals surface area contributed by atoms with Gasteiger partial charge in [0.15, 0.2) is 0 Å². The number of benzene rings is 2. The van der Waals surface area contributed by atoms with Crippen LogP contribution in [0.15, 0.2) is 61.2 Å². The van der Waals surface area contributed by atoms with Crippen molar-refractivity contribution in [2.45, 2.75) is 6.54 Å². The SMILES string of the molecule is C=CCN(c1ccc(C(=O)NCc2ccccc2OC)cc1)S(C)(=O)=O. The van der Waals surface area contributed by atoms with Crippen LogP contribution in [0.5, 0.6) is 5.75 Å². The standard InChI is InChI=1S/C19H22N2O4S/c1-4-13-21(26(3,23)24)17-11-9-15(10-12-17)19(22)20-14-16-7-5-6-8-18(16)25-2/h4-12H,1,13-14H2,2-3H3,(H,20,22). The first-order valence-corrected chi connectivity index (χ1v) is 9.80. The van der Waals surface area contributed by atoms with E-state index in [9.17, 15) is 13.2 Å². The fourth-order valence-corrected chi connectivity index (χ4v) is 3.34. The van der Waals surface area contributed by atoms with Gasteiger partial charge < -0.3 is 10.1 Å². The van der Waals surface area contributed by atoms with E-state index in [0.29, 0.717) is 23.5 Å². The summed E-state index contributed by atoms with van der Waals surface area (Å²) >= 11 is 0. The van der Waals surface area contributed by atoms with Crippen molar-refractivity contribution in [1.29, 1.82) is 0 Å². The van der Waals surface area contributed by atoms with Gasteiger partial charge in [-0.05, 0) is 30.3 Å². The van der Waals surface area contributed by atoms with Gasteiger partial charge in [0.1, 0.15) is 5.75 Å². The van der Waals surface area contributed by atoms with E-state index in [4.69, 9.17) is 4.74 Å². The van der Waals surface area contributed by atoms with Crippen molar-refractivity contribution >= 4 is 21.6 Å². The molecule has 7 heteroatoms. The minimum atomic E-state index is -3.42. The summed E-state index contributed by atoms with van der Waals surface area (Å²) in [5, 5.41) is 2.83. The van der Waals surface area contributed by atoms with Crippen LogP contribution < -0.4 is 14.4 Å². The predicted octanol–water partition coefficient (Wildman–Crippen LogP) is 2.58. The van der Waals surface area contributed by atoms with Gasteiger partial charge in [0, 0.05) is 17.7 Å². The first-order valence-electron chi connectivity index (χ1n) is 7.95. The van der Waals surface area contributed by atoms with E-state index in [2.05, 4.69) is 11.9 Å². The molecule has 0 saturated heterocycles. The zero-order valence-corrected chi connectivity index (χ0v) is 15.6. The molecule has 0 aliphatic heterocycles. The van der Waals surface area contributed by atoms with Crippen molar-refractivity contribution in [2.75, 3.05) is 24.2 Å². The fraction of sp³-hybridized carbons (Fsp3) is 0.211. The Morgan fingerprint density at radius 2 is 1.85 bits per heavy atom. The molecule has 0 radical (unpaired) electrons. The van der Waals surface area contributed by atoms with Crippen molar-refractivity contribution < 1.29 is 17.9 Å². The molecule has 26 heavy (non-hydrogen) atoms. The lowest BCUT2D eigenvalue weighted by Gasteiger charge is -2.20. The van der Waals surface area contributed by atoms with Crippen molar-refractivity contribution in [1.82, 2.24) is 5.32 Å². The third kappa shape index (κ3) is 4.86. The summed E-state index contributed by atoms with van der Waals surface area (Å²) < 4.78 is 30.2.